The Morgan fingerprint density at radius 1 is 0.593 bits per heavy atom. The standard InChI is InChI=1S/C13H9.C11H9.2ClH.Zr/c1-3-7-12-10(5-1)9-11-6-2-4-8-13(11)12;1-2-6-10(7-3-1)11-8-4-5-9-11;;;/h1-9H;1-9H;2*1H;/q2*-1;;;+4/p-2. The van der Waals surface area contributed by atoms with E-state index in [-0.39, 0.29) is 0 Å². The van der Waals surface area contributed by atoms with Crippen molar-refractivity contribution in [3.05, 3.63) is 109 Å². The number of halogens is 2. The van der Waals surface area contributed by atoms with E-state index in [0.29, 0.717) is 0 Å². The first-order valence-electron chi connectivity index (χ1n) is 8.60. The summed E-state index contributed by atoms with van der Waals surface area (Å²) >= 11 is -0.826. The zero-order valence-electron chi connectivity index (χ0n) is 14.6. The molecule has 0 N–H and O–H groups in total. The predicted molar refractivity (Wildman–Crippen MR) is 116 cm³/mol. The van der Waals surface area contributed by atoms with Crippen LogP contribution in [0.25, 0.3) is 32.7 Å². The van der Waals surface area contributed by atoms with Crippen LogP contribution >= 0.6 is 17.0 Å². The Kier molecular flexibility index (Phi) is 7.90. The zero-order valence-corrected chi connectivity index (χ0v) is 18.6. The quantitative estimate of drug-likeness (QED) is 0.218. The van der Waals surface area contributed by atoms with Crippen molar-refractivity contribution >= 4 is 38.6 Å². The maximum Gasteiger partial charge on any atom is -0.0638 e. The van der Waals surface area contributed by atoms with E-state index >= 15 is 0 Å². The van der Waals surface area contributed by atoms with Gasteiger partial charge in [-0.3, -0.25) is 0 Å². The average molecular weight is 469 g/mol. The summed E-state index contributed by atoms with van der Waals surface area (Å²) in [6.45, 7) is 0. The molecule has 27 heavy (non-hydrogen) atoms. The van der Waals surface area contributed by atoms with Crippen LogP contribution in [0.5, 0.6) is 0 Å². The summed E-state index contributed by atoms with van der Waals surface area (Å²) in [4.78, 5) is 0. The molecule has 0 radical (unpaired) electrons. The van der Waals surface area contributed by atoms with E-state index in [1.54, 1.807) is 0 Å². The van der Waals surface area contributed by atoms with Gasteiger partial charge in [0.05, 0.1) is 0 Å². The maximum absolute atomic E-state index is 4.93. The van der Waals surface area contributed by atoms with Gasteiger partial charge in [-0.1, -0.05) is 66.7 Å². The third-order valence-electron chi connectivity index (χ3n) is 4.29. The monoisotopic (exact) mass is 466 g/mol. The van der Waals surface area contributed by atoms with Crippen LogP contribution < -0.4 is 0 Å². The topological polar surface area (TPSA) is 0 Å². The van der Waals surface area contributed by atoms with Crippen LogP contribution in [0.3, 0.4) is 0 Å². The Bertz CT molecular complexity index is 1010. The normalized spacial score (nSPS) is 9.70. The molecule has 0 amide bonds. The van der Waals surface area contributed by atoms with Crippen molar-refractivity contribution in [2.45, 2.75) is 0 Å². The van der Waals surface area contributed by atoms with Gasteiger partial charge in [0, 0.05) is 0 Å². The zero-order chi connectivity index (χ0) is 18.9. The Hall–Kier alpha value is -1.66. The van der Waals surface area contributed by atoms with Gasteiger partial charge in [0.2, 0.25) is 0 Å². The number of hydrogen-bond donors (Lipinski definition) is 0. The SMILES string of the molecule is [Cl][Zr+2][Cl].c1ccc(-c2ccc[cH-]2)cc1.c1ccc2c(c1)[cH-]c1ccccc12. The molecule has 132 valence electrons. The molecule has 5 aromatic carbocycles. The second kappa shape index (κ2) is 10.6. The van der Waals surface area contributed by atoms with E-state index in [1.165, 1.54) is 32.7 Å². The first-order chi connectivity index (χ1) is 13.3. The van der Waals surface area contributed by atoms with Crippen molar-refractivity contribution in [2.75, 3.05) is 0 Å². The van der Waals surface area contributed by atoms with Gasteiger partial charge < -0.3 is 0 Å². The van der Waals surface area contributed by atoms with Crippen LogP contribution in [0.2, 0.25) is 0 Å². The van der Waals surface area contributed by atoms with Crippen LogP contribution in [0, 0.1) is 0 Å². The van der Waals surface area contributed by atoms with E-state index in [1.807, 2.05) is 6.07 Å². The summed E-state index contributed by atoms with van der Waals surface area (Å²) in [5, 5.41) is 5.39. The number of hydrogen-bond acceptors (Lipinski definition) is 0. The molecule has 0 aliphatic carbocycles. The molecule has 0 nitrogen and oxygen atoms in total. The molecule has 5 aromatic rings. The Labute approximate surface area is 178 Å². The fraction of sp³-hybridized carbons (Fsp3) is 0. The molecule has 0 saturated carbocycles. The van der Waals surface area contributed by atoms with Gasteiger partial charge in [0.25, 0.3) is 0 Å². The van der Waals surface area contributed by atoms with Crippen molar-refractivity contribution in [1.29, 1.82) is 0 Å². The van der Waals surface area contributed by atoms with Crippen LogP contribution in [0.15, 0.2) is 109 Å². The van der Waals surface area contributed by atoms with E-state index in [4.69, 9.17) is 17.0 Å². The van der Waals surface area contributed by atoms with Crippen molar-refractivity contribution < 1.29 is 20.8 Å². The Morgan fingerprint density at radius 2 is 1.11 bits per heavy atom. The Balaban J connectivity index is 0.000000138. The molecule has 0 bridgehead atoms. The van der Waals surface area contributed by atoms with E-state index in [9.17, 15) is 0 Å². The minimum Gasteiger partial charge on any atom is -0.176 e. The van der Waals surface area contributed by atoms with Gasteiger partial charge in [-0.25, -0.2) is 0 Å². The molecule has 0 heterocycles. The minimum atomic E-state index is -0.826. The van der Waals surface area contributed by atoms with E-state index in [2.05, 4.69) is 103 Å². The predicted octanol–water partition coefficient (Wildman–Crippen LogP) is 8.16. The number of rotatable bonds is 1. The maximum atomic E-state index is 4.93. The molecule has 0 aliphatic rings. The molecule has 0 aliphatic heterocycles. The van der Waals surface area contributed by atoms with Crippen LogP contribution in [0.1, 0.15) is 0 Å². The average Bonchev–Trinajstić information content (AvgIpc) is 3.38. The second-order valence-electron chi connectivity index (χ2n) is 5.93. The van der Waals surface area contributed by atoms with Gasteiger partial charge in [-0.2, -0.15) is 23.8 Å². The Morgan fingerprint density at radius 3 is 1.63 bits per heavy atom. The van der Waals surface area contributed by atoms with E-state index in [0.717, 1.165) is 0 Å². The molecule has 0 atom stereocenters. The molecule has 0 fully saturated rings. The van der Waals surface area contributed by atoms with Crippen molar-refractivity contribution in [2.24, 2.45) is 0 Å². The van der Waals surface area contributed by atoms with Gasteiger partial charge in [0.1, 0.15) is 0 Å². The van der Waals surface area contributed by atoms with Crippen molar-refractivity contribution in [1.82, 2.24) is 0 Å². The van der Waals surface area contributed by atoms with Crippen LogP contribution in [0.4, 0.5) is 0 Å². The summed E-state index contributed by atoms with van der Waals surface area (Å²) in [6, 6.07) is 38.0. The summed E-state index contributed by atoms with van der Waals surface area (Å²) in [7, 11) is 9.87. The van der Waals surface area contributed by atoms with Crippen molar-refractivity contribution in [3.8, 4) is 11.1 Å². The van der Waals surface area contributed by atoms with Gasteiger partial charge in [0.15, 0.2) is 0 Å². The molecular formula is C24H18Cl2Zr. The molecule has 0 saturated heterocycles. The summed E-state index contributed by atoms with van der Waals surface area (Å²) in [6.07, 6.45) is 0. The second-order valence-corrected chi connectivity index (χ2v) is 9.66. The first kappa shape index (κ1) is 20.1. The van der Waals surface area contributed by atoms with Crippen LogP contribution in [-0.2, 0) is 20.8 Å². The minimum absolute atomic E-state index is 0.826. The summed E-state index contributed by atoms with van der Waals surface area (Å²) < 4.78 is 0. The molecule has 0 spiro atoms. The summed E-state index contributed by atoms with van der Waals surface area (Å²) in [5.74, 6) is 0. The van der Waals surface area contributed by atoms with Crippen LogP contribution in [-0.4, -0.2) is 0 Å². The van der Waals surface area contributed by atoms with Crippen molar-refractivity contribution in [3.63, 3.8) is 0 Å². The van der Waals surface area contributed by atoms with Gasteiger partial charge in [-0.15, -0.1) is 51.4 Å². The van der Waals surface area contributed by atoms with E-state index < -0.39 is 20.8 Å². The fourth-order valence-electron chi connectivity index (χ4n) is 3.10. The van der Waals surface area contributed by atoms with Gasteiger partial charge in [-0.05, 0) is 0 Å². The third-order valence-corrected chi connectivity index (χ3v) is 4.29. The molecule has 0 aromatic heterocycles. The summed E-state index contributed by atoms with van der Waals surface area (Å²) in [5.41, 5.74) is 2.59. The fourth-order valence-corrected chi connectivity index (χ4v) is 3.10. The third kappa shape index (κ3) is 5.42. The first-order valence-corrected chi connectivity index (χ1v) is 14.9. The van der Waals surface area contributed by atoms with Gasteiger partial charge >= 0.3 is 37.9 Å². The molecule has 0 unspecified atom stereocenters. The molecule has 3 heteroatoms. The number of benzene rings is 3. The smallest absolute Gasteiger partial charge is 0.0638 e. The molecule has 5 rings (SSSR count). The molecular weight excluding hydrogens is 450 g/mol. The largest absolute Gasteiger partial charge is 0.176 e. The number of fused-ring (bicyclic) bond motifs is 3.